The average Bonchev–Trinajstić information content (AvgIpc) is 4.03. The maximum atomic E-state index is 10.1. The molecule has 12 rings (SSSR count). The highest BCUT2D eigenvalue weighted by Crippen LogP contribution is 2.49. The summed E-state index contributed by atoms with van der Waals surface area (Å²) >= 11 is 0. The lowest BCUT2D eigenvalue weighted by atomic mass is 9.83. The van der Waals surface area contributed by atoms with Crippen molar-refractivity contribution >= 4 is 60.5 Å². The summed E-state index contributed by atoms with van der Waals surface area (Å²) in [5.41, 5.74) is 6.08. The van der Waals surface area contributed by atoms with E-state index >= 15 is 0 Å². The third kappa shape index (κ3) is 6.03. The molecule has 3 N–H and O–H groups in total. The van der Waals surface area contributed by atoms with E-state index in [-0.39, 0.29) is 25.0 Å². The van der Waals surface area contributed by atoms with Gasteiger partial charge in [-0.3, -0.25) is 8.80 Å². The van der Waals surface area contributed by atoms with E-state index in [0.29, 0.717) is 54.2 Å². The van der Waals surface area contributed by atoms with Gasteiger partial charge >= 0.3 is 8.88 Å². The molecule has 5 aliphatic heterocycles. The van der Waals surface area contributed by atoms with E-state index in [9.17, 15) is 10.2 Å². The van der Waals surface area contributed by atoms with Crippen LogP contribution in [0.4, 0.5) is 11.6 Å². The molecule has 8 aliphatic rings. The highest BCUT2D eigenvalue weighted by Gasteiger charge is 2.61. The second kappa shape index (κ2) is 14.9. The quantitative estimate of drug-likeness (QED) is 0.155. The predicted molar refractivity (Wildman–Crippen MR) is 240 cm³/mol. The van der Waals surface area contributed by atoms with Crippen molar-refractivity contribution in [2.24, 2.45) is 48.6 Å². The first-order chi connectivity index (χ1) is 30.1. The molecule has 1 atom stereocenters. The van der Waals surface area contributed by atoms with Crippen molar-refractivity contribution in [3.63, 3.8) is 0 Å². The van der Waals surface area contributed by atoms with Crippen LogP contribution in [0.25, 0.3) is 10.8 Å². The number of hydrogen-bond acceptors (Lipinski definition) is 11. The minimum Gasteiger partial charge on any atom is -0.396 e. The van der Waals surface area contributed by atoms with Crippen LogP contribution < -0.4 is 5.32 Å². The third-order valence-electron chi connectivity index (χ3n) is 14.3. The van der Waals surface area contributed by atoms with Gasteiger partial charge in [0.05, 0.1) is 0 Å². The largest absolute Gasteiger partial charge is 0.599 e. The van der Waals surface area contributed by atoms with E-state index in [1.165, 1.54) is 0 Å². The number of hydrogen-bond donors (Lipinski definition) is 3. The summed E-state index contributed by atoms with van der Waals surface area (Å²) in [5, 5.41) is 26.0. The van der Waals surface area contributed by atoms with Gasteiger partial charge < -0.3 is 24.4 Å². The Labute approximate surface area is 356 Å². The van der Waals surface area contributed by atoms with E-state index < -0.39 is 15.0 Å². The Kier molecular flexibility index (Phi) is 9.18. The Morgan fingerprint density at radius 3 is 1.89 bits per heavy atom. The molecule has 6 heterocycles. The highest BCUT2D eigenvalue weighted by molar-refractivity contribution is 6.68. The molecule has 2 saturated carbocycles. The predicted octanol–water partition coefficient (Wildman–Crippen LogP) is 7.86. The van der Waals surface area contributed by atoms with Gasteiger partial charge in [-0.2, -0.15) is 0 Å². The molecular formula is C48H50N8O4Si. The fraction of sp³-hybridized carbons (Fsp3) is 0.396. The van der Waals surface area contributed by atoms with Crippen LogP contribution in [0.1, 0.15) is 92.6 Å². The molecule has 13 heteroatoms. The summed E-state index contributed by atoms with van der Waals surface area (Å²) in [6.45, 7) is 1.38. The molecule has 1 unspecified atom stereocenters. The monoisotopic (exact) mass is 830 g/mol. The standard InChI is InChI=1S/C48H50N8O4Si/c57-25-29-17-21-31(22-18-29)27-59-61(60-28-32-23-19-30(26-58)20-24-32)55-45-37-13-5-6-14-38(37)47(55)53-43-35-11-3-4-12-36(35)44(50-43)54-48-40-16-8-7-15-39(40)46(56(48)61)52-42-34-10-2-1-9-33(34)41(49-42)51-45/h1-3,5-11,13-16,29-32,45,57-58H,4,12,17-28H2,(H,49,51,52)/b53-47-,54-44-. The number of aliphatic hydroxyl groups excluding tert-OH is 2. The number of amidine groups is 5. The van der Waals surface area contributed by atoms with Crippen molar-refractivity contribution in [2.75, 3.05) is 26.4 Å². The molecule has 0 radical (unpaired) electrons. The smallest absolute Gasteiger partial charge is 0.396 e. The second-order valence-electron chi connectivity index (χ2n) is 17.9. The van der Waals surface area contributed by atoms with Gasteiger partial charge in [-0.25, -0.2) is 25.0 Å². The van der Waals surface area contributed by atoms with Gasteiger partial charge in [-0.1, -0.05) is 84.9 Å². The number of allylic oxidation sites excluding steroid dienone is 1. The summed E-state index contributed by atoms with van der Waals surface area (Å²) in [7, 11) is -4.12. The Morgan fingerprint density at radius 1 is 0.623 bits per heavy atom. The molecule has 4 aromatic rings. The summed E-state index contributed by atoms with van der Waals surface area (Å²) in [5.74, 6) is 6.01. The SMILES string of the molecule is OCC1CCC(CO[Si]2(OCC3CCC(CO)CC3)N3/C4=N\C5=NC(=N\c6c7ccccc7c(n62)/N=C2\N=C(NC3c3ccccc34)c3ccccc32)/C2=C5C=CCC2)CC1. The lowest BCUT2D eigenvalue weighted by Gasteiger charge is -2.44. The number of nitrogens with zero attached hydrogens (tertiary/aromatic N) is 7. The minimum atomic E-state index is -4.12. The van der Waals surface area contributed by atoms with Crippen LogP contribution in [-0.4, -0.2) is 83.5 Å². The normalized spacial score (nSPS) is 30.8. The summed E-state index contributed by atoms with van der Waals surface area (Å²) in [4.78, 5) is 27.5. The van der Waals surface area contributed by atoms with E-state index in [1.807, 2.05) is 6.07 Å². The highest BCUT2D eigenvalue weighted by atomic mass is 28.4. The first-order valence-corrected chi connectivity index (χ1v) is 24.0. The first-order valence-electron chi connectivity index (χ1n) is 22.3. The van der Waals surface area contributed by atoms with Crippen LogP contribution in [0.15, 0.2) is 121 Å². The Bertz CT molecular complexity index is 2650. The first kappa shape index (κ1) is 37.4. The molecule has 0 amide bonds. The van der Waals surface area contributed by atoms with E-state index in [1.54, 1.807) is 0 Å². The zero-order valence-corrected chi connectivity index (χ0v) is 35.2. The van der Waals surface area contributed by atoms with Crippen LogP contribution in [0, 0.1) is 23.7 Å². The zero-order chi connectivity index (χ0) is 40.7. The van der Waals surface area contributed by atoms with Crippen molar-refractivity contribution in [1.82, 2.24) is 14.1 Å². The zero-order valence-electron chi connectivity index (χ0n) is 34.2. The Balaban J connectivity index is 1.17. The van der Waals surface area contributed by atoms with Gasteiger partial charge in [0.2, 0.25) is 0 Å². The van der Waals surface area contributed by atoms with Crippen LogP contribution >= 0.6 is 0 Å². The van der Waals surface area contributed by atoms with Crippen LogP contribution in [0.5, 0.6) is 0 Å². The molecule has 310 valence electrons. The lowest BCUT2D eigenvalue weighted by Crippen LogP contribution is -2.67. The number of rotatable bonds is 8. The Hall–Kier alpha value is -5.31. The van der Waals surface area contributed by atoms with Crippen LogP contribution in [0.2, 0.25) is 0 Å². The molecular weight excluding hydrogens is 781 g/mol. The van der Waals surface area contributed by atoms with E-state index in [0.717, 1.165) is 120 Å². The molecule has 61 heavy (non-hydrogen) atoms. The van der Waals surface area contributed by atoms with Crippen molar-refractivity contribution in [1.29, 1.82) is 0 Å². The number of aliphatic imine (C=N–C) groups is 5. The molecule has 6 bridgehead atoms. The molecule has 1 aromatic heterocycles. The number of fused-ring (bicyclic) bond motifs is 13. The van der Waals surface area contributed by atoms with Gasteiger partial charge in [0.25, 0.3) is 0 Å². The number of benzene rings is 3. The van der Waals surface area contributed by atoms with E-state index in [2.05, 4.69) is 93.0 Å². The van der Waals surface area contributed by atoms with Crippen molar-refractivity contribution in [2.45, 2.75) is 70.4 Å². The fourth-order valence-electron chi connectivity index (χ4n) is 10.9. The second-order valence-corrected chi connectivity index (χ2v) is 20.5. The van der Waals surface area contributed by atoms with Gasteiger partial charge in [0.15, 0.2) is 17.5 Å². The van der Waals surface area contributed by atoms with Gasteiger partial charge in [-0.05, 0) is 87.9 Å². The molecule has 2 fully saturated rings. The maximum Gasteiger partial charge on any atom is 0.599 e. The minimum absolute atomic E-state index is 0.222. The van der Waals surface area contributed by atoms with Crippen molar-refractivity contribution < 1.29 is 19.1 Å². The van der Waals surface area contributed by atoms with Crippen molar-refractivity contribution in [3.8, 4) is 0 Å². The molecule has 3 aromatic carbocycles. The van der Waals surface area contributed by atoms with Crippen molar-refractivity contribution in [3.05, 3.63) is 118 Å². The number of aromatic nitrogens is 1. The maximum absolute atomic E-state index is 10.1. The molecule has 12 nitrogen and oxygen atoms in total. The van der Waals surface area contributed by atoms with E-state index in [4.69, 9.17) is 33.8 Å². The number of aliphatic hydroxyl groups is 2. The lowest BCUT2D eigenvalue weighted by molar-refractivity contribution is 0.0557. The summed E-state index contributed by atoms with van der Waals surface area (Å²) in [6.07, 6.45) is 13.3. The van der Waals surface area contributed by atoms with Crippen LogP contribution in [0.3, 0.4) is 0 Å². The average molecular weight is 831 g/mol. The molecule has 0 saturated heterocycles. The third-order valence-corrected chi connectivity index (χ3v) is 17.5. The Morgan fingerprint density at radius 2 is 1.21 bits per heavy atom. The summed E-state index contributed by atoms with van der Waals surface area (Å²) in [6, 6.07) is 25.3. The fourth-order valence-corrected chi connectivity index (χ4v) is 14.5. The molecule has 0 spiro atoms. The van der Waals surface area contributed by atoms with Gasteiger partial charge in [0, 0.05) is 70.6 Å². The van der Waals surface area contributed by atoms with Crippen LogP contribution in [-0.2, 0) is 8.85 Å². The van der Waals surface area contributed by atoms with Gasteiger partial charge in [-0.15, -0.1) is 0 Å². The molecule has 3 aliphatic carbocycles. The number of nitrogens with one attached hydrogen (secondary N) is 1. The van der Waals surface area contributed by atoms with Gasteiger partial charge in [0.1, 0.15) is 29.5 Å². The topological polar surface area (TPSA) is 141 Å². The summed E-state index contributed by atoms with van der Waals surface area (Å²) < 4.78 is 20.4.